The molecule has 0 unspecified atom stereocenters. The fraction of sp³-hybridized carbons (Fsp3) is 0. The maximum absolute atomic E-state index is 5.71. The van der Waals surface area contributed by atoms with E-state index in [1.165, 1.54) is 162 Å². The van der Waals surface area contributed by atoms with E-state index in [1.54, 1.807) is 0 Å². The highest BCUT2D eigenvalue weighted by Crippen LogP contribution is 2.50. The molecule has 0 aliphatic carbocycles. The van der Waals surface area contributed by atoms with Gasteiger partial charge in [0.05, 0.1) is 44.5 Å². The standard InChI is InChI=1S/2C68H41N3/c1-3-17-42(18-4-1)68-70-65-39-44(33-36-66(65)71(68)46-19-5-2-6-20-46)60-41-64(45-32-35-57-52-26-10-8-22-48(52)50-24-12-14-28-54(50)62(57)38-45)69-67-58-30-16-15-29-55(58)59(40-63(60)67)43-31-34-56-51-25-9-7-21-47(51)49-23-11-13-27-53(49)61(56)37-43;1-2-16-43(17-3-1)68-70-64-28-14-15-29-66(64)71(68)46-34-30-42(31-35-46)60-41-65(45-33-37-57-52-23-7-5-19-48(52)50-21-9-11-25-54(50)62(57)39-45)69-67-58-27-13-12-26-55(58)59(40-63(60)67)44-32-36-56-51-22-6-4-18-47(51)49-20-8-10-24-53(49)61(56)38-44/h2*1-41H. The highest BCUT2D eigenvalue weighted by molar-refractivity contribution is 6.31. The second-order valence-corrected chi connectivity index (χ2v) is 37.6. The Bertz CT molecular complexity index is 10400. The molecule has 0 amide bonds. The summed E-state index contributed by atoms with van der Waals surface area (Å²) in [6, 6.07) is 181. The Hall–Kier alpha value is -18.9. The lowest BCUT2D eigenvalue weighted by atomic mass is 9.88. The van der Waals surface area contributed by atoms with Gasteiger partial charge in [-0.1, -0.05) is 400 Å². The quantitative estimate of drug-likeness (QED) is 0.128. The Balaban J connectivity index is 0.000000136. The average Bonchev–Trinajstić information content (AvgIpc) is 0.942. The van der Waals surface area contributed by atoms with Crippen LogP contribution in [0.1, 0.15) is 0 Å². The molecule has 4 aromatic heterocycles. The van der Waals surface area contributed by atoms with Crippen molar-refractivity contribution in [1.29, 1.82) is 0 Å². The molecule has 26 aromatic carbocycles. The van der Waals surface area contributed by atoms with Gasteiger partial charge in [0.15, 0.2) is 0 Å². The minimum atomic E-state index is 0.907. The number of benzene rings is 26. The highest BCUT2D eigenvalue weighted by atomic mass is 15.1. The first-order chi connectivity index (χ1) is 70.4. The molecule has 6 nitrogen and oxygen atoms in total. The summed E-state index contributed by atoms with van der Waals surface area (Å²) in [6.07, 6.45) is 0. The molecule has 0 saturated heterocycles. The van der Waals surface area contributed by atoms with E-state index in [0.717, 1.165) is 134 Å². The molecule has 0 bridgehead atoms. The van der Waals surface area contributed by atoms with Crippen molar-refractivity contribution in [3.63, 3.8) is 0 Å². The maximum atomic E-state index is 5.71. The van der Waals surface area contributed by atoms with Crippen LogP contribution in [0, 0.1) is 0 Å². The minimum absolute atomic E-state index is 0.907. The number of pyridine rings is 2. The molecule has 30 aromatic rings. The summed E-state index contributed by atoms with van der Waals surface area (Å²) in [4.78, 5) is 22.0. The third-order valence-corrected chi connectivity index (χ3v) is 29.9. The summed E-state index contributed by atoms with van der Waals surface area (Å²) in [6.45, 7) is 0. The number of fused-ring (bicyclic) bond motifs is 32. The van der Waals surface area contributed by atoms with Crippen molar-refractivity contribution in [3.8, 4) is 101 Å². The zero-order valence-corrected chi connectivity index (χ0v) is 77.0. The molecule has 0 fully saturated rings. The van der Waals surface area contributed by atoms with Gasteiger partial charge >= 0.3 is 0 Å². The Kier molecular flexibility index (Phi) is 18.3. The third kappa shape index (κ3) is 12.8. The van der Waals surface area contributed by atoms with Crippen LogP contribution in [-0.4, -0.2) is 29.1 Å². The van der Waals surface area contributed by atoms with E-state index >= 15 is 0 Å². The molecule has 0 saturated carbocycles. The Morgan fingerprint density at radius 3 is 0.746 bits per heavy atom. The SMILES string of the molecule is c1ccc(-c2nc3cc(-c4cc(-c5ccc6c7ccccc7c7ccccc7c6c5)nc5c4cc(-c4ccc6c7ccccc7c7ccccc7c6c4)c4ccccc45)ccc3n2-c2ccccc2)cc1.c1ccc(-c2nc3ccccc3n2-c2ccc(-c3cc(-c4ccc5c6ccccc6c6ccccc6c5c4)nc4c3cc(-c3ccc5c6ccccc6c6ccccc6c5c3)c3ccccc34)cc2)cc1. The first kappa shape index (κ1) is 80.4. The fourth-order valence-electron chi connectivity index (χ4n) is 23.4. The Morgan fingerprint density at radius 1 is 0.127 bits per heavy atom. The summed E-state index contributed by atoms with van der Waals surface area (Å²) in [5.74, 6) is 1.82. The van der Waals surface area contributed by atoms with E-state index in [2.05, 4.69) is 507 Å². The van der Waals surface area contributed by atoms with Crippen molar-refractivity contribution >= 4 is 195 Å². The molecule has 0 aliphatic rings. The van der Waals surface area contributed by atoms with Crippen LogP contribution in [0.4, 0.5) is 0 Å². The van der Waals surface area contributed by atoms with Gasteiger partial charge in [-0.2, -0.15) is 0 Å². The van der Waals surface area contributed by atoms with Gasteiger partial charge in [-0.05, 0) is 282 Å². The Labute approximate surface area is 816 Å². The minimum Gasteiger partial charge on any atom is -0.292 e. The number of rotatable bonds is 10. The van der Waals surface area contributed by atoms with E-state index in [4.69, 9.17) is 19.9 Å². The lowest BCUT2D eigenvalue weighted by molar-refractivity contribution is 1.10. The summed E-state index contributed by atoms with van der Waals surface area (Å²) < 4.78 is 4.57. The molecule has 142 heavy (non-hydrogen) atoms. The van der Waals surface area contributed by atoms with Gasteiger partial charge in [0, 0.05) is 55.2 Å². The lowest BCUT2D eigenvalue weighted by Gasteiger charge is -2.18. The van der Waals surface area contributed by atoms with Crippen molar-refractivity contribution in [1.82, 2.24) is 29.1 Å². The zero-order valence-electron chi connectivity index (χ0n) is 77.0. The van der Waals surface area contributed by atoms with Gasteiger partial charge in [-0.3, -0.25) is 9.13 Å². The van der Waals surface area contributed by atoms with Crippen LogP contribution in [0.3, 0.4) is 0 Å². The monoisotopic (exact) mass is 1800 g/mol. The average molecular weight is 1800 g/mol. The maximum Gasteiger partial charge on any atom is 0.145 e. The molecular weight excluding hydrogens is 1720 g/mol. The Morgan fingerprint density at radius 2 is 0.373 bits per heavy atom. The molecule has 0 aliphatic heterocycles. The first-order valence-electron chi connectivity index (χ1n) is 48.8. The van der Waals surface area contributed by atoms with Crippen molar-refractivity contribution in [3.05, 3.63) is 497 Å². The topological polar surface area (TPSA) is 61.4 Å². The molecule has 30 rings (SSSR count). The van der Waals surface area contributed by atoms with E-state index in [9.17, 15) is 0 Å². The van der Waals surface area contributed by atoms with Gasteiger partial charge < -0.3 is 0 Å². The second kappa shape index (κ2) is 32.4. The van der Waals surface area contributed by atoms with Crippen molar-refractivity contribution in [2.45, 2.75) is 0 Å². The number of para-hydroxylation sites is 3. The van der Waals surface area contributed by atoms with E-state index in [-0.39, 0.29) is 0 Å². The summed E-state index contributed by atoms with van der Waals surface area (Å²) in [5.41, 5.74) is 23.4. The zero-order chi connectivity index (χ0) is 93.1. The van der Waals surface area contributed by atoms with Crippen LogP contribution < -0.4 is 0 Å². The molecule has 0 atom stereocenters. The number of hydrogen-bond acceptors (Lipinski definition) is 4. The van der Waals surface area contributed by atoms with Crippen molar-refractivity contribution in [2.24, 2.45) is 0 Å². The van der Waals surface area contributed by atoms with Crippen molar-refractivity contribution in [2.75, 3.05) is 0 Å². The van der Waals surface area contributed by atoms with Gasteiger partial charge in [-0.15, -0.1) is 0 Å². The molecule has 0 radical (unpaired) electrons. The fourth-order valence-corrected chi connectivity index (χ4v) is 23.4. The van der Waals surface area contributed by atoms with Crippen LogP contribution in [-0.2, 0) is 0 Å². The molecule has 0 spiro atoms. The summed E-state index contributed by atoms with van der Waals surface area (Å²) in [5, 5.41) is 36.9. The van der Waals surface area contributed by atoms with Crippen LogP contribution >= 0.6 is 0 Å². The van der Waals surface area contributed by atoms with Crippen LogP contribution in [0.15, 0.2) is 497 Å². The van der Waals surface area contributed by atoms with Crippen LogP contribution in [0.5, 0.6) is 0 Å². The van der Waals surface area contributed by atoms with Crippen LogP contribution in [0.2, 0.25) is 0 Å². The summed E-state index contributed by atoms with van der Waals surface area (Å²) >= 11 is 0. The smallest absolute Gasteiger partial charge is 0.145 e. The van der Waals surface area contributed by atoms with Gasteiger partial charge in [0.1, 0.15) is 11.6 Å². The normalized spacial score (nSPS) is 11.9. The van der Waals surface area contributed by atoms with Crippen LogP contribution in [0.25, 0.3) is 296 Å². The molecule has 4 heterocycles. The van der Waals surface area contributed by atoms with Gasteiger partial charge in [0.25, 0.3) is 0 Å². The number of imidazole rings is 2. The number of aromatic nitrogens is 6. The summed E-state index contributed by atoms with van der Waals surface area (Å²) in [7, 11) is 0. The predicted octanol–water partition coefficient (Wildman–Crippen LogP) is 36.6. The number of hydrogen-bond donors (Lipinski definition) is 0. The van der Waals surface area contributed by atoms with E-state index in [0.29, 0.717) is 0 Å². The lowest BCUT2D eigenvalue weighted by Crippen LogP contribution is -1.98. The van der Waals surface area contributed by atoms with Gasteiger partial charge in [-0.25, -0.2) is 19.9 Å². The molecule has 656 valence electrons. The predicted molar refractivity (Wildman–Crippen MR) is 601 cm³/mol. The molecule has 6 heteroatoms. The highest BCUT2D eigenvalue weighted by Gasteiger charge is 2.26. The second-order valence-electron chi connectivity index (χ2n) is 37.6. The van der Waals surface area contributed by atoms with Gasteiger partial charge in [0.2, 0.25) is 0 Å². The molecule has 0 N–H and O–H groups in total. The third-order valence-electron chi connectivity index (χ3n) is 29.9. The number of nitrogens with zero attached hydrogens (tertiary/aromatic N) is 6. The van der Waals surface area contributed by atoms with E-state index in [1.807, 2.05) is 0 Å². The molecular formula is C136H82N6. The van der Waals surface area contributed by atoms with E-state index < -0.39 is 0 Å². The first-order valence-corrected chi connectivity index (χ1v) is 48.8. The largest absolute Gasteiger partial charge is 0.292 e. The van der Waals surface area contributed by atoms with Crippen molar-refractivity contribution < 1.29 is 0 Å².